The Morgan fingerprint density at radius 3 is 2.63 bits per heavy atom. The maximum Gasteiger partial charge on any atom is 0.389 e. The number of hydrogen-bond donors (Lipinski definition) is 1. The van der Waals surface area contributed by atoms with E-state index in [1.807, 2.05) is 0 Å². The molecular formula is C14H27F3N2. The highest BCUT2D eigenvalue weighted by atomic mass is 19.4. The Kier molecular flexibility index (Phi) is 7.15. The van der Waals surface area contributed by atoms with Crippen molar-refractivity contribution < 1.29 is 13.2 Å². The zero-order valence-corrected chi connectivity index (χ0v) is 12.1. The molecule has 0 amide bonds. The van der Waals surface area contributed by atoms with Crippen molar-refractivity contribution in [2.75, 3.05) is 26.2 Å². The summed E-state index contributed by atoms with van der Waals surface area (Å²) in [4.78, 5) is 2.32. The van der Waals surface area contributed by atoms with E-state index in [-0.39, 0.29) is 6.42 Å². The zero-order chi connectivity index (χ0) is 14.3. The molecule has 19 heavy (non-hydrogen) atoms. The fourth-order valence-electron chi connectivity index (χ4n) is 2.67. The average molecular weight is 280 g/mol. The maximum atomic E-state index is 12.1. The molecule has 0 radical (unpaired) electrons. The molecule has 0 saturated carbocycles. The molecule has 1 N–H and O–H groups in total. The van der Waals surface area contributed by atoms with Gasteiger partial charge in [-0.25, -0.2) is 0 Å². The molecule has 2 nitrogen and oxygen atoms in total. The van der Waals surface area contributed by atoms with E-state index in [1.54, 1.807) is 0 Å². The number of rotatable bonds is 6. The van der Waals surface area contributed by atoms with E-state index in [4.69, 9.17) is 0 Å². The summed E-state index contributed by atoms with van der Waals surface area (Å²) in [6.07, 6.45) is -1.52. The molecule has 1 aliphatic rings. The number of halogens is 3. The van der Waals surface area contributed by atoms with Gasteiger partial charge in [0.1, 0.15) is 0 Å². The van der Waals surface area contributed by atoms with E-state index in [0.29, 0.717) is 18.4 Å². The Balaban J connectivity index is 2.23. The SMILES string of the molecule is CC(C)CC1CN(CCCCC(F)(F)F)CCCN1. The highest BCUT2D eigenvalue weighted by Gasteiger charge is 2.26. The van der Waals surface area contributed by atoms with E-state index >= 15 is 0 Å². The van der Waals surface area contributed by atoms with E-state index < -0.39 is 12.6 Å². The molecule has 1 rings (SSSR count). The van der Waals surface area contributed by atoms with Crippen LogP contribution in [0.4, 0.5) is 13.2 Å². The maximum absolute atomic E-state index is 12.1. The van der Waals surface area contributed by atoms with Crippen LogP contribution in [0.2, 0.25) is 0 Å². The Hall–Kier alpha value is -0.290. The summed E-state index contributed by atoms with van der Waals surface area (Å²) in [7, 11) is 0. The lowest BCUT2D eigenvalue weighted by atomic mass is 10.0. The predicted molar refractivity (Wildman–Crippen MR) is 72.2 cm³/mol. The topological polar surface area (TPSA) is 15.3 Å². The van der Waals surface area contributed by atoms with Gasteiger partial charge in [0.25, 0.3) is 0 Å². The van der Waals surface area contributed by atoms with Crippen LogP contribution in [0.15, 0.2) is 0 Å². The summed E-state index contributed by atoms with van der Waals surface area (Å²) in [6.45, 7) is 8.22. The van der Waals surface area contributed by atoms with E-state index in [0.717, 1.165) is 39.0 Å². The van der Waals surface area contributed by atoms with E-state index in [9.17, 15) is 13.2 Å². The molecule has 1 fully saturated rings. The lowest BCUT2D eigenvalue weighted by Crippen LogP contribution is -2.38. The molecule has 0 aromatic heterocycles. The van der Waals surface area contributed by atoms with Crippen molar-refractivity contribution in [2.24, 2.45) is 5.92 Å². The van der Waals surface area contributed by atoms with Gasteiger partial charge in [-0.15, -0.1) is 0 Å². The van der Waals surface area contributed by atoms with Gasteiger partial charge in [-0.1, -0.05) is 13.8 Å². The summed E-state index contributed by atoms with van der Waals surface area (Å²) < 4.78 is 36.2. The predicted octanol–water partition coefficient (Wildman–Crippen LogP) is 3.43. The van der Waals surface area contributed by atoms with E-state index in [1.165, 1.54) is 0 Å². The summed E-state index contributed by atoms with van der Waals surface area (Å²) >= 11 is 0. The molecule has 1 unspecified atom stereocenters. The molecule has 0 spiro atoms. The second kappa shape index (κ2) is 8.10. The first-order valence-corrected chi connectivity index (χ1v) is 7.39. The van der Waals surface area contributed by atoms with Gasteiger partial charge < -0.3 is 10.2 Å². The minimum absolute atomic E-state index is 0.252. The first-order valence-electron chi connectivity index (χ1n) is 7.39. The Labute approximate surface area is 114 Å². The number of nitrogens with one attached hydrogen (secondary N) is 1. The van der Waals surface area contributed by atoms with Crippen molar-refractivity contribution in [3.8, 4) is 0 Å². The molecule has 5 heteroatoms. The van der Waals surface area contributed by atoms with Crippen molar-refractivity contribution in [2.45, 2.75) is 58.2 Å². The van der Waals surface area contributed by atoms with Crippen molar-refractivity contribution in [1.29, 1.82) is 0 Å². The van der Waals surface area contributed by atoms with Gasteiger partial charge in [0, 0.05) is 19.0 Å². The van der Waals surface area contributed by atoms with Crippen LogP contribution >= 0.6 is 0 Å². The van der Waals surface area contributed by atoms with Gasteiger partial charge in [0.15, 0.2) is 0 Å². The Morgan fingerprint density at radius 1 is 1.26 bits per heavy atom. The lowest BCUT2D eigenvalue weighted by molar-refractivity contribution is -0.135. The summed E-state index contributed by atoms with van der Waals surface area (Å²) in [5, 5.41) is 3.54. The summed E-state index contributed by atoms with van der Waals surface area (Å²) in [6, 6.07) is 0.491. The standard InChI is InChI=1S/C14H27F3N2/c1-12(2)10-13-11-19(9-5-7-18-13)8-4-3-6-14(15,16)17/h12-13,18H,3-11H2,1-2H3. The van der Waals surface area contributed by atoms with Crippen LogP contribution in [0, 0.1) is 5.92 Å². The van der Waals surface area contributed by atoms with Gasteiger partial charge in [-0.05, 0) is 51.2 Å². The van der Waals surface area contributed by atoms with Crippen LogP contribution in [-0.4, -0.2) is 43.3 Å². The largest absolute Gasteiger partial charge is 0.389 e. The smallest absolute Gasteiger partial charge is 0.313 e. The van der Waals surface area contributed by atoms with Crippen LogP contribution in [0.3, 0.4) is 0 Å². The fraction of sp³-hybridized carbons (Fsp3) is 1.00. The summed E-state index contributed by atoms with van der Waals surface area (Å²) in [5.74, 6) is 0.655. The van der Waals surface area contributed by atoms with E-state index in [2.05, 4.69) is 24.1 Å². The number of alkyl halides is 3. The Morgan fingerprint density at radius 2 is 2.00 bits per heavy atom. The molecule has 1 atom stereocenters. The van der Waals surface area contributed by atoms with Gasteiger partial charge in [0.05, 0.1) is 0 Å². The Bertz CT molecular complexity index is 241. The third-order valence-electron chi connectivity index (χ3n) is 3.50. The first-order chi connectivity index (χ1) is 8.87. The number of hydrogen-bond acceptors (Lipinski definition) is 2. The van der Waals surface area contributed by atoms with Crippen molar-refractivity contribution >= 4 is 0 Å². The van der Waals surface area contributed by atoms with Crippen molar-refractivity contribution in [3.63, 3.8) is 0 Å². The van der Waals surface area contributed by atoms with Gasteiger partial charge in [-0.2, -0.15) is 13.2 Å². The third kappa shape index (κ3) is 8.47. The second-order valence-corrected chi connectivity index (χ2v) is 6.01. The van der Waals surface area contributed by atoms with Crippen molar-refractivity contribution in [1.82, 2.24) is 10.2 Å². The molecule has 1 saturated heterocycles. The number of nitrogens with zero attached hydrogens (tertiary/aromatic N) is 1. The fourth-order valence-corrected chi connectivity index (χ4v) is 2.67. The minimum atomic E-state index is -4.00. The monoisotopic (exact) mass is 280 g/mol. The zero-order valence-electron chi connectivity index (χ0n) is 12.1. The summed E-state index contributed by atoms with van der Waals surface area (Å²) in [5.41, 5.74) is 0. The molecule has 0 aliphatic carbocycles. The van der Waals surface area contributed by atoms with Gasteiger partial charge >= 0.3 is 6.18 Å². The van der Waals surface area contributed by atoms with Gasteiger partial charge in [0.2, 0.25) is 0 Å². The highest BCUT2D eigenvalue weighted by Crippen LogP contribution is 2.22. The minimum Gasteiger partial charge on any atom is -0.313 e. The molecule has 0 aromatic carbocycles. The third-order valence-corrected chi connectivity index (χ3v) is 3.50. The quantitative estimate of drug-likeness (QED) is 0.750. The molecule has 0 aromatic rings. The van der Waals surface area contributed by atoms with Crippen LogP contribution in [0.1, 0.15) is 46.0 Å². The molecule has 1 aliphatic heterocycles. The highest BCUT2D eigenvalue weighted by molar-refractivity contribution is 4.77. The van der Waals surface area contributed by atoms with Crippen LogP contribution in [-0.2, 0) is 0 Å². The number of unbranched alkanes of at least 4 members (excludes halogenated alkanes) is 1. The second-order valence-electron chi connectivity index (χ2n) is 6.01. The lowest BCUT2D eigenvalue weighted by Gasteiger charge is -2.25. The average Bonchev–Trinajstić information content (AvgIpc) is 2.48. The molecule has 1 heterocycles. The van der Waals surface area contributed by atoms with Crippen LogP contribution in [0.25, 0.3) is 0 Å². The molecular weight excluding hydrogens is 253 g/mol. The molecule has 114 valence electrons. The normalized spacial score (nSPS) is 22.7. The van der Waals surface area contributed by atoms with Crippen LogP contribution in [0.5, 0.6) is 0 Å². The van der Waals surface area contributed by atoms with Gasteiger partial charge in [-0.3, -0.25) is 0 Å². The van der Waals surface area contributed by atoms with Crippen LogP contribution < -0.4 is 5.32 Å². The first kappa shape index (κ1) is 16.8. The van der Waals surface area contributed by atoms with Crippen molar-refractivity contribution in [3.05, 3.63) is 0 Å². The molecule has 0 bridgehead atoms.